The van der Waals surface area contributed by atoms with Crippen LogP contribution >= 0.6 is 12.2 Å². The molecule has 4 N–H and O–H groups in total. The van der Waals surface area contributed by atoms with Crippen molar-refractivity contribution in [2.75, 3.05) is 23.7 Å². The number of hydrogen-bond donors (Lipinski definition) is 4. The topological polar surface area (TPSA) is 108 Å². The highest BCUT2D eigenvalue weighted by Crippen LogP contribution is 2.17. The number of aromatic nitrogens is 2. The van der Waals surface area contributed by atoms with Gasteiger partial charge in [-0.2, -0.15) is 4.98 Å². The van der Waals surface area contributed by atoms with Crippen LogP contribution in [0.2, 0.25) is 0 Å². The van der Waals surface area contributed by atoms with Gasteiger partial charge in [0.05, 0.1) is 0 Å². The summed E-state index contributed by atoms with van der Waals surface area (Å²) in [6.45, 7) is 0.949. The lowest BCUT2D eigenvalue weighted by Gasteiger charge is -2.10. The first kappa shape index (κ1) is 14.7. The zero-order valence-corrected chi connectivity index (χ0v) is 11.8. The monoisotopic (exact) mass is 306 g/mol. The van der Waals surface area contributed by atoms with Crippen LogP contribution in [0.1, 0.15) is 0 Å². The minimum absolute atomic E-state index is 0.153. The maximum atomic E-state index is 10.7. The fourth-order valence-corrected chi connectivity index (χ4v) is 1.83. The molecule has 0 saturated carbocycles. The Hall–Kier alpha value is -2.68. The molecule has 2 rings (SSSR count). The van der Waals surface area contributed by atoms with Crippen LogP contribution in [0.3, 0.4) is 0 Å². The number of benzene rings is 1. The predicted molar refractivity (Wildman–Crippen MR) is 84.4 cm³/mol. The van der Waals surface area contributed by atoms with E-state index in [1.165, 1.54) is 6.33 Å². The van der Waals surface area contributed by atoms with Gasteiger partial charge in [-0.15, -0.1) is 0 Å². The Morgan fingerprint density at radius 2 is 2.10 bits per heavy atom. The molecule has 0 radical (unpaired) electrons. The van der Waals surface area contributed by atoms with Gasteiger partial charge in [-0.3, -0.25) is 0 Å². The van der Waals surface area contributed by atoms with E-state index in [-0.39, 0.29) is 11.6 Å². The number of thiocarbonyl (C=S) groups is 1. The number of nitrogens with zero attached hydrogens (tertiary/aromatic N) is 2. The molecule has 2 aromatic rings. The first-order valence-electron chi connectivity index (χ1n) is 6.18. The normalized spacial score (nSPS) is 9.90. The van der Waals surface area contributed by atoms with E-state index in [4.69, 9.17) is 12.2 Å². The zero-order valence-electron chi connectivity index (χ0n) is 11.0. The summed E-state index contributed by atoms with van der Waals surface area (Å²) >= 11 is 5.14. The summed E-state index contributed by atoms with van der Waals surface area (Å²) in [7, 11) is 0. The Morgan fingerprint density at radius 1 is 1.33 bits per heavy atom. The molecule has 0 spiro atoms. The summed E-state index contributed by atoms with van der Waals surface area (Å²) in [5, 5.41) is 20.0. The second kappa shape index (κ2) is 7.20. The lowest BCUT2D eigenvalue weighted by atomic mass is 10.3. The Bertz CT molecular complexity index is 615. The molecule has 1 aromatic carbocycles. The van der Waals surface area contributed by atoms with Gasteiger partial charge in [-0.05, 0) is 29.3 Å². The Balaban J connectivity index is 1.71. The highest BCUT2D eigenvalue weighted by atomic mass is 32.1. The fraction of sp³-hybridized carbons (Fsp3) is 0.167. The number of H-pyrrole nitrogens is 1. The molecule has 0 bridgehead atoms. The van der Waals surface area contributed by atoms with Crippen LogP contribution in [0.15, 0.2) is 36.7 Å². The molecule has 0 aliphatic carbocycles. The minimum Gasteiger partial charge on any atom is -0.361 e. The molecular formula is C12H14N6O2S. The standard InChI is InChI=1S/C12H14N6O2S/c19-18(20)11-10(15-8-16-11)13-6-7-14-12(21)17-9-4-2-1-3-5-9/h1-5,8,13H,6-7H2,(H,15,16)(H2,14,17,21). The summed E-state index contributed by atoms with van der Waals surface area (Å²) in [5.41, 5.74) is 0.894. The number of imidazole rings is 1. The molecule has 8 nitrogen and oxygen atoms in total. The van der Waals surface area contributed by atoms with E-state index in [1.54, 1.807) is 0 Å². The van der Waals surface area contributed by atoms with Crippen LogP contribution < -0.4 is 16.0 Å². The fourth-order valence-electron chi connectivity index (χ4n) is 1.61. The lowest BCUT2D eigenvalue weighted by molar-refractivity contribution is -0.388. The molecule has 0 amide bonds. The molecule has 1 heterocycles. The van der Waals surface area contributed by atoms with Gasteiger partial charge in [0.25, 0.3) is 0 Å². The van der Waals surface area contributed by atoms with Crippen molar-refractivity contribution in [1.29, 1.82) is 0 Å². The van der Waals surface area contributed by atoms with Crippen molar-refractivity contribution in [3.05, 3.63) is 46.8 Å². The third-order valence-corrected chi connectivity index (χ3v) is 2.78. The quantitative estimate of drug-likeness (QED) is 0.278. The summed E-state index contributed by atoms with van der Waals surface area (Å²) in [5.74, 6) is 0.0590. The largest absolute Gasteiger partial charge is 0.364 e. The number of aromatic amines is 1. The van der Waals surface area contributed by atoms with E-state index >= 15 is 0 Å². The minimum atomic E-state index is -0.523. The Labute approximate surface area is 126 Å². The number of rotatable bonds is 6. The van der Waals surface area contributed by atoms with Gasteiger partial charge in [-0.25, -0.2) is 4.98 Å². The van der Waals surface area contributed by atoms with E-state index in [9.17, 15) is 10.1 Å². The summed E-state index contributed by atoms with van der Waals surface area (Å²) < 4.78 is 0. The van der Waals surface area contributed by atoms with E-state index in [0.717, 1.165) is 5.69 Å². The summed E-state index contributed by atoms with van der Waals surface area (Å²) in [6, 6.07) is 9.54. The molecule has 1 aromatic heterocycles. The van der Waals surface area contributed by atoms with Crippen LogP contribution in [-0.2, 0) is 0 Å². The molecule has 0 saturated heterocycles. The van der Waals surface area contributed by atoms with Crippen LogP contribution in [0, 0.1) is 10.1 Å². The van der Waals surface area contributed by atoms with Crippen LogP contribution in [0.4, 0.5) is 17.3 Å². The Morgan fingerprint density at radius 3 is 2.81 bits per heavy atom. The van der Waals surface area contributed by atoms with Crippen LogP contribution in [0.5, 0.6) is 0 Å². The second-order valence-corrected chi connectivity index (χ2v) is 4.44. The van der Waals surface area contributed by atoms with Crippen LogP contribution in [-0.4, -0.2) is 33.1 Å². The molecule has 0 unspecified atom stereocenters. The zero-order chi connectivity index (χ0) is 15.1. The third kappa shape index (κ3) is 4.42. The SMILES string of the molecule is O=[N+]([O-])c1[nH]cnc1NCCNC(=S)Nc1ccccc1. The molecule has 110 valence electrons. The second-order valence-electron chi connectivity index (χ2n) is 4.03. The molecule has 0 aliphatic heterocycles. The van der Waals surface area contributed by atoms with Gasteiger partial charge in [0.1, 0.15) is 0 Å². The highest BCUT2D eigenvalue weighted by molar-refractivity contribution is 7.80. The van der Waals surface area contributed by atoms with Crippen molar-refractivity contribution in [3.63, 3.8) is 0 Å². The number of para-hydroxylation sites is 1. The van der Waals surface area contributed by atoms with Gasteiger partial charge in [0.2, 0.25) is 5.82 Å². The third-order valence-electron chi connectivity index (χ3n) is 2.54. The molecule has 9 heteroatoms. The first-order valence-corrected chi connectivity index (χ1v) is 6.59. The van der Waals surface area contributed by atoms with Gasteiger partial charge >= 0.3 is 5.82 Å². The van der Waals surface area contributed by atoms with Crippen molar-refractivity contribution in [2.45, 2.75) is 0 Å². The van der Waals surface area contributed by atoms with Crippen LogP contribution in [0.25, 0.3) is 0 Å². The van der Waals surface area contributed by atoms with Crippen molar-refractivity contribution in [1.82, 2.24) is 15.3 Å². The maximum absolute atomic E-state index is 10.7. The van der Waals surface area contributed by atoms with Gasteiger partial charge in [-0.1, -0.05) is 18.2 Å². The van der Waals surface area contributed by atoms with E-state index < -0.39 is 4.92 Å². The van der Waals surface area contributed by atoms with Gasteiger partial charge in [0, 0.05) is 18.8 Å². The smallest absolute Gasteiger partial charge is 0.361 e. The number of anilines is 2. The average molecular weight is 306 g/mol. The lowest BCUT2D eigenvalue weighted by Crippen LogP contribution is -2.32. The van der Waals surface area contributed by atoms with Gasteiger partial charge < -0.3 is 26.1 Å². The maximum Gasteiger partial charge on any atom is 0.364 e. The molecule has 0 aliphatic rings. The number of nitrogens with one attached hydrogen (secondary N) is 4. The van der Waals surface area contributed by atoms with Crippen molar-refractivity contribution >= 4 is 34.7 Å². The molecule has 0 fully saturated rings. The average Bonchev–Trinajstić information content (AvgIpc) is 2.93. The van der Waals surface area contributed by atoms with Gasteiger partial charge in [0.15, 0.2) is 11.4 Å². The highest BCUT2D eigenvalue weighted by Gasteiger charge is 2.13. The number of nitro groups is 1. The van der Waals surface area contributed by atoms with Crippen molar-refractivity contribution in [2.24, 2.45) is 0 Å². The van der Waals surface area contributed by atoms with Crippen molar-refractivity contribution < 1.29 is 4.92 Å². The molecular weight excluding hydrogens is 292 g/mol. The summed E-state index contributed by atoms with van der Waals surface area (Å²) in [6.07, 6.45) is 1.27. The van der Waals surface area contributed by atoms with E-state index in [1.807, 2.05) is 30.3 Å². The first-order chi connectivity index (χ1) is 10.2. The Kier molecular flexibility index (Phi) is 5.04. The molecule has 0 atom stereocenters. The van der Waals surface area contributed by atoms with E-state index in [2.05, 4.69) is 25.9 Å². The van der Waals surface area contributed by atoms with E-state index in [0.29, 0.717) is 18.2 Å². The molecule has 21 heavy (non-hydrogen) atoms. The summed E-state index contributed by atoms with van der Waals surface area (Å²) in [4.78, 5) is 16.4. The predicted octanol–water partition coefficient (Wildman–Crippen LogP) is 1.72. The number of hydrogen-bond acceptors (Lipinski definition) is 5. The van der Waals surface area contributed by atoms with Crippen molar-refractivity contribution in [3.8, 4) is 0 Å².